The lowest BCUT2D eigenvalue weighted by atomic mass is 10.0. The number of thiazole rings is 1. The van der Waals surface area contributed by atoms with Gasteiger partial charge in [-0.15, -0.1) is 35.3 Å². The molecular formula is C19H34IN5O2S. The summed E-state index contributed by atoms with van der Waals surface area (Å²) in [5.41, 5.74) is -0.474. The first-order valence-electron chi connectivity index (χ1n) is 9.64. The quantitative estimate of drug-likeness (QED) is 0.351. The molecule has 2 rings (SSSR count). The second-order valence-electron chi connectivity index (χ2n) is 7.82. The van der Waals surface area contributed by atoms with Crippen molar-refractivity contribution < 1.29 is 9.53 Å². The summed E-state index contributed by atoms with van der Waals surface area (Å²) in [7, 11) is 1.76. The number of aliphatic imine (C=N–C) groups is 1. The van der Waals surface area contributed by atoms with E-state index in [0.717, 1.165) is 49.7 Å². The topological polar surface area (TPSA) is 78.9 Å². The molecule has 1 aromatic rings. The maximum atomic E-state index is 12.5. The number of rotatable bonds is 5. The normalized spacial score (nSPS) is 17.7. The highest BCUT2D eigenvalue weighted by Crippen LogP contribution is 2.20. The first kappa shape index (κ1) is 24.9. The molecule has 1 unspecified atom stereocenters. The Balaban J connectivity index is 0.00000392. The van der Waals surface area contributed by atoms with Crippen molar-refractivity contribution in [2.75, 3.05) is 26.7 Å². The number of carbonyl (C=O) groups is 1. The predicted molar refractivity (Wildman–Crippen MR) is 126 cm³/mol. The van der Waals surface area contributed by atoms with Crippen LogP contribution in [0.1, 0.15) is 49.9 Å². The van der Waals surface area contributed by atoms with E-state index in [1.165, 1.54) is 4.88 Å². The molecule has 1 fully saturated rings. The number of halogens is 1. The minimum absolute atomic E-state index is 0. The van der Waals surface area contributed by atoms with Crippen molar-refractivity contribution in [3.8, 4) is 0 Å². The molecule has 1 aromatic heterocycles. The molecule has 1 amide bonds. The molecule has 1 saturated heterocycles. The predicted octanol–water partition coefficient (Wildman–Crippen LogP) is 3.57. The van der Waals surface area contributed by atoms with Gasteiger partial charge in [0, 0.05) is 44.2 Å². The number of aromatic nitrogens is 1. The lowest BCUT2D eigenvalue weighted by Crippen LogP contribution is -2.52. The van der Waals surface area contributed by atoms with Crippen molar-refractivity contribution in [3.63, 3.8) is 0 Å². The highest BCUT2D eigenvalue weighted by molar-refractivity contribution is 14.0. The summed E-state index contributed by atoms with van der Waals surface area (Å²) < 4.78 is 5.56. The Hall–Kier alpha value is -1.10. The number of likely N-dealkylation sites (tertiary alicyclic amines) is 1. The van der Waals surface area contributed by atoms with Gasteiger partial charge >= 0.3 is 6.09 Å². The van der Waals surface area contributed by atoms with Gasteiger partial charge in [0.2, 0.25) is 0 Å². The van der Waals surface area contributed by atoms with Gasteiger partial charge in [-0.1, -0.05) is 0 Å². The third-order valence-corrected chi connectivity index (χ3v) is 5.26. The molecule has 9 heteroatoms. The van der Waals surface area contributed by atoms with Gasteiger partial charge in [-0.2, -0.15) is 0 Å². The highest BCUT2D eigenvalue weighted by Gasteiger charge is 2.30. The highest BCUT2D eigenvalue weighted by atomic mass is 127. The fourth-order valence-electron chi connectivity index (χ4n) is 3.01. The Bertz CT molecular complexity index is 645. The van der Waals surface area contributed by atoms with E-state index >= 15 is 0 Å². The molecule has 0 aliphatic carbocycles. The average Bonchev–Trinajstić information content (AvgIpc) is 3.02. The van der Waals surface area contributed by atoms with Crippen LogP contribution >= 0.6 is 35.3 Å². The van der Waals surface area contributed by atoms with Gasteiger partial charge in [-0.3, -0.25) is 4.99 Å². The van der Waals surface area contributed by atoms with Crippen LogP contribution < -0.4 is 10.6 Å². The lowest BCUT2D eigenvalue weighted by Gasteiger charge is -2.37. The van der Waals surface area contributed by atoms with Gasteiger partial charge in [-0.05, 0) is 47.0 Å². The van der Waals surface area contributed by atoms with Crippen molar-refractivity contribution in [1.82, 2.24) is 20.5 Å². The maximum absolute atomic E-state index is 12.5. The Morgan fingerprint density at radius 3 is 2.75 bits per heavy atom. The van der Waals surface area contributed by atoms with Crippen LogP contribution in [0.5, 0.6) is 0 Å². The van der Waals surface area contributed by atoms with Gasteiger partial charge in [0.05, 0.1) is 11.0 Å². The summed E-state index contributed by atoms with van der Waals surface area (Å²) in [6.07, 6.45) is 5.67. The molecule has 1 atom stereocenters. The van der Waals surface area contributed by atoms with E-state index in [0.29, 0.717) is 6.54 Å². The van der Waals surface area contributed by atoms with E-state index in [9.17, 15) is 4.79 Å². The molecule has 160 valence electrons. The third kappa shape index (κ3) is 8.50. The summed E-state index contributed by atoms with van der Waals surface area (Å²) in [6, 6.07) is 0.119. The van der Waals surface area contributed by atoms with Crippen molar-refractivity contribution >= 4 is 47.4 Å². The monoisotopic (exact) mass is 523 g/mol. The van der Waals surface area contributed by atoms with E-state index in [-0.39, 0.29) is 36.1 Å². The summed E-state index contributed by atoms with van der Waals surface area (Å²) in [5, 5.41) is 7.79. The summed E-state index contributed by atoms with van der Waals surface area (Å²) in [4.78, 5) is 24.2. The lowest BCUT2D eigenvalue weighted by molar-refractivity contribution is 0.0104. The van der Waals surface area contributed by atoms with Crippen LogP contribution in [0.2, 0.25) is 0 Å². The van der Waals surface area contributed by atoms with Crippen molar-refractivity contribution in [1.29, 1.82) is 0 Å². The van der Waals surface area contributed by atoms with Crippen LogP contribution in [0.3, 0.4) is 0 Å². The number of hydrogen-bond donors (Lipinski definition) is 2. The SMILES string of the molecule is CN=C(NCCc1ncc(C)s1)NCC1CCCCN1C(=O)OC(C)(C)C.I. The summed E-state index contributed by atoms with van der Waals surface area (Å²) >= 11 is 1.72. The Kier molecular flexibility index (Phi) is 10.5. The van der Waals surface area contributed by atoms with Crippen molar-refractivity contribution in [2.24, 2.45) is 4.99 Å². The smallest absolute Gasteiger partial charge is 0.410 e. The number of ether oxygens (including phenoxy) is 1. The molecule has 28 heavy (non-hydrogen) atoms. The third-order valence-electron chi connectivity index (χ3n) is 4.28. The van der Waals surface area contributed by atoms with Crippen LogP contribution in [-0.4, -0.2) is 60.3 Å². The van der Waals surface area contributed by atoms with Crippen molar-refractivity contribution in [2.45, 2.75) is 65.0 Å². The summed E-state index contributed by atoms with van der Waals surface area (Å²) in [6.45, 7) is 9.95. The van der Waals surface area contributed by atoms with Crippen molar-refractivity contribution in [3.05, 3.63) is 16.1 Å². The minimum Gasteiger partial charge on any atom is -0.444 e. The maximum Gasteiger partial charge on any atom is 0.410 e. The molecule has 0 spiro atoms. The van der Waals surface area contributed by atoms with E-state index in [1.54, 1.807) is 18.4 Å². The van der Waals surface area contributed by atoms with E-state index in [2.05, 4.69) is 27.5 Å². The Morgan fingerprint density at radius 2 is 2.14 bits per heavy atom. The zero-order valence-electron chi connectivity index (χ0n) is 17.6. The number of piperidine rings is 1. The number of guanidine groups is 1. The van der Waals surface area contributed by atoms with Crippen LogP contribution in [0, 0.1) is 6.92 Å². The van der Waals surface area contributed by atoms with Crippen LogP contribution in [0.15, 0.2) is 11.2 Å². The zero-order valence-corrected chi connectivity index (χ0v) is 20.7. The van der Waals surface area contributed by atoms with Crippen LogP contribution in [-0.2, 0) is 11.2 Å². The summed E-state index contributed by atoms with van der Waals surface area (Å²) in [5.74, 6) is 0.748. The molecule has 0 bridgehead atoms. The van der Waals surface area contributed by atoms with Gasteiger partial charge in [0.15, 0.2) is 5.96 Å². The number of nitrogens with zero attached hydrogens (tertiary/aromatic N) is 3. The van der Waals surface area contributed by atoms with Crippen LogP contribution in [0.25, 0.3) is 0 Å². The number of nitrogens with one attached hydrogen (secondary N) is 2. The minimum atomic E-state index is -0.474. The number of hydrogen-bond acceptors (Lipinski definition) is 5. The van der Waals surface area contributed by atoms with Crippen LogP contribution in [0.4, 0.5) is 4.79 Å². The fourth-order valence-corrected chi connectivity index (χ4v) is 3.80. The second kappa shape index (κ2) is 11.8. The first-order chi connectivity index (χ1) is 12.8. The van der Waals surface area contributed by atoms with E-state index < -0.39 is 5.60 Å². The zero-order chi connectivity index (χ0) is 19.9. The first-order valence-corrected chi connectivity index (χ1v) is 10.5. The van der Waals surface area contributed by atoms with E-state index in [4.69, 9.17) is 4.74 Å². The number of amides is 1. The van der Waals surface area contributed by atoms with E-state index in [1.807, 2.05) is 31.9 Å². The molecule has 1 aliphatic rings. The molecule has 1 aliphatic heterocycles. The molecule has 0 radical (unpaired) electrons. The molecular weight excluding hydrogens is 489 g/mol. The molecule has 2 N–H and O–H groups in total. The number of aryl methyl sites for hydroxylation is 1. The molecule has 2 heterocycles. The molecule has 0 aromatic carbocycles. The van der Waals surface area contributed by atoms with Gasteiger partial charge in [0.1, 0.15) is 5.60 Å². The van der Waals surface area contributed by atoms with Gasteiger partial charge in [-0.25, -0.2) is 9.78 Å². The molecule has 7 nitrogen and oxygen atoms in total. The number of carbonyl (C=O) groups excluding carboxylic acids is 1. The Morgan fingerprint density at radius 1 is 1.39 bits per heavy atom. The Labute approximate surface area is 189 Å². The standard InChI is InChI=1S/C19H33N5O2S.HI/c1-14-12-22-16(27-14)9-10-21-17(20-5)23-13-15-8-6-7-11-24(15)18(25)26-19(2,3)4;/h12,15H,6-11,13H2,1-5H3,(H2,20,21,23);1H. The van der Waals surface area contributed by atoms with Gasteiger partial charge < -0.3 is 20.3 Å². The fraction of sp³-hybridized carbons (Fsp3) is 0.737. The van der Waals surface area contributed by atoms with Gasteiger partial charge in [0.25, 0.3) is 0 Å². The largest absolute Gasteiger partial charge is 0.444 e. The average molecular weight is 523 g/mol. The second-order valence-corrected chi connectivity index (χ2v) is 9.14. The molecule has 0 saturated carbocycles.